The molecule has 0 aromatic heterocycles. The van der Waals surface area contributed by atoms with Crippen LogP contribution in [0.3, 0.4) is 0 Å². The molecule has 9 nitrogen and oxygen atoms in total. The quantitative estimate of drug-likeness (QED) is 0.427. The predicted molar refractivity (Wildman–Crippen MR) is 81.2 cm³/mol. The second-order valence-corrected chi connectivity index (χ2v) is 5.12. The molecular formula is C15H18N2O7. The second-order valence-electron chi connectivity index (χ2n) is 5.12. The number of rotatable bonds is 8. The number of carboxylic acids is 2. The van der Waals surface area contributed by atoms with Gasteiger partial charge in [-0.05, 0) is 17.7 Å². The number of benzene rings is 1. The van der Waals surface area contributed by atoms with Crippen molar-refractivity contribution in [3.05, 3.63) is 29.8 Å². The fourth-order valence-corrected chi connectivity index (χ4v) is 1.97. The van der Waals surface area contributed by atoms with Crippen molar-refractivity contribution in [3.63, 3.8) is 0 Å². The Balaban J connectivity index is 2.87. The average molecular weight is 338 g/mol. The Morgan fingerprint density at radius 3 is 2.04 bits per heavy atom. The lowest BCUT2D eigenvalue weighted by atomic mass is 10.0. The maximum Gasteiger partial charge on any atom is 0.326 e. The number of carboxylic acid groups (broad SMARTS) is 2. The lowest BCUT2D eigenvalue weighted by Crippen LogP contribution is -2.52. The van der Waals surface area contributed by atoms with Gasteiger partial charge in [-0.1, -0.05) is 12.1 Å². The largest absolute Gasteiger partial charge is 0.508 e. The van der Waals surface area contributed by atoms with Crippen LogP contribution in [0.5, 0.6) is 5.75 Å². The first-order chi connectivity index (χ1) is 11.2. The molecule has 0 radical (unpaired) electrons. The smallest absolute Gasteiger partial charge is 0.326 e. The van der Waals surface area contributed by atoms with Crippen LogP contribution < -0.4 is 10.6 Å². The first-order valence-electron chi connectivity index (χ1n) is 6.99. The molecule has 1 aromatic carbocycles. The summed E-state index contributed by atoms with van der Waals surface area (Å²) in [5.74, 6) is -4.15. The highest BCUT2D eigenvalue weighted by molar-refractivity contribution is 5.91. The monoisotopic (exact) mass is 338 g/mol. The maximum absolute atomic E-state index is 12.2. The lowest BCUT2D eigenvalue weighted by Gasteiger charge is -2.20. The topological polar surface area (TPSA) is 153 Å². The third kappa shape index (κ3) is 6.34. The van der Waals surface area contributed by atoms with Gasteiger partial charge in [0.15, 0.2) is 0 Å². The van der Waals surface area contributed by atoms with Crippen LogP contribution in [0.2, 0.25) is 0 Å². The summed E-state index contributed by atoms with van der Waals surface area (Å²) in [6.07, 6.45) is -0.738. The molecule has 0 aliphatic heterocycles. The van der Waals surface area contributed by atoms with E-state index in [2.05, 4.69) is 10.6 Å². The van der Waals surface area contributed by atoms with Gasteiger partial charge in [-0.3, -0.25) is 14.4 Å². The summed E-state index contributed by atoms with van der Waals surface area (Å²) in [6, 6.07) is 3.21. The number of carbonyl (C=O) groups is 4. The van der Waals surface area contributed by atoms with E-state index in [-0.39, 0.29) is 12.2 Å². The number of hydrogen-bond donors (Lipinski definition) is 5. The Labute approximate surface area is 137 Å². The Morgan fingerprint density at radius 1 is 1.00 bits per heavy atom. The van der Waals surface area contributed by atoms with E-state index < -0.39 is 42.3 Å². The minimum absolute atomic E-state index is 0.0340. The first-order valence-corrected chi connectivity index (χ1v) is 6.99. The van der Waals surface area contributed by atoms with Crippen molar-refractivity contribution in [2.45, 2.75) is 31.8 Å². The summed E-state index contributed by atoms with van der Waals surface area (Å²) in [4.78, 5) is 45.1. The molecule has 0 aliphatic rings. The molecule has 24 heavy (non-hydrogen) atoms. The van der Waals surface area contributed by atoms with Gasteiger partial charge in [0.1, 0.15) is 17.8 Å². The van der Waals surface area contributed by atoms with E-state index in [1.807, 2.05) is 0 Å². The normalized spacial score (nSPS) is 12.7. The third-order valence-electron chi connectivity index (χ3n) is 3.06. The third-order valence-corrected chi connectivity index (χ3v) is 3.06. The van der Waals surface area contributed by atoms with E-state index in [1.54, 1.807) is 12.1 Å². The number of phenols is 1. The van der Waals surface area contributed by atoms with E-state index in [0.29, 0.717) is 5.56 Å². The van der Waals surface area contributed by atoms with Crippen LogP contribution in [0.15, 0.2) is 24.3 Å². The van der Waals surface area contributed by atoms with Crippen LogP contribution in [-0.2, 0) is 25.6 Å². The Morgan fingerprint density at radius 2 is 1.58 bits per heavy atom. The van der Waals surface area contributed by atoms with E-state index in [4.69, 9.17) is 10.2 Å². The molecule has 1 rings (SSSR count). The van der Waals surface area contributed by atoms with Crippen LogP contribution in [0.25, 0.3) is 0 Å². The number of carbonyl (C=O) groups excluding carboxylic acids is 2. The van der Waals surface area contributed by atoms with Crippen molar-refractivity contribution in [3.8, 4) is 5.75 Å². The lowest BCUT2D eigenvalue weighted by molar-refractivity contribution is -0.147. The predicted octanol–water partition coefficient (Wildman–Crippen LogP) is -0.517. The molecule has 0 saturated carbocycles. The molecule has 130 valence electrons. The van der Waals surface area contributed by atoms with Gasteiger partial charge in [0.25, 0.3) is 0 Å². The van der Waals surface area contributed by atoms with E-state index in [9.17, 15) is 24.3 Å². The Kier molecular flexibility index (Phi) is 6.72. The van der Waals surface area contributed by atoms with Gasteiger partial charge in [0.05, 0.1) is 6.42 Å². The molecule has 0 spiro atoms. The van der Waals surface area contributed by atoms with Crippen molar-refractivity contribution in [2.24, 2.45) is 0 Å². The summed E-state index contributed by atoms with van der Waals surface area (Å²) in [5, 5.41) is 31.4. The van der Waals surface area contributed by atoms with E-state index in [0.717, 1.165) is 0 Å². The van der Waals surface area contributed by atoms with Crippen LogP contribution in [0, 0.1) is 0 Å². The highest BCUT2D eigenvalue weighted by Crippen LogP contribution is 2.11. The number of aromatic hydroxyl groups is 1. The van der Waals surface area contributed by atoms with Gasteiger partial charge in [0, 0.05) is 13.3 Å². The fraction of sp³-hybridized carbons (Fsp3) is 0.333. The number of nitrogens with one attached hydrogen (secondary N) is 2. The highest BCUT2D eigenvalue weighted by Gasteiger charge is 2.27. The van der Waals surface area contributed by atoms with Gasteiger partial charge < -0.3 is 26.0 Å². The first kappa shape index (κ1) is 18.9. The molecule has 1 aromatic rings. The van der Waals surface area contributed by atoms with Crippen LogP contribution in [0.1, 0.15) is 18.9 Å². The summed E-state index contributed by atoms with van der Waals surface area (Å²) in [6.45, 7) is 1.20. The number of phenolic OH excluding ortho intramolecular Hbond substituents is 1. The molecule has 9 heteroatoms. The second kappa shape index (κ2) is 8.51. The fourth-order valence-electron chi connectivity index (χ4n) is 1.97. The average Bonchev–Trinajstić information content (AvgIpc) is 2.47. The maximum atomic E-state index is 12.2. The van der Waals surface area contributed by atoms with Crippen molar-refractivity contribution >= 4 is 23.8 Å². The molecule has 0 heterocycles. The molecule has 2 amide bonds. The molecule has 0 unspecified atom stereocenters. The zero-order valence-electron chi connectivity index (χ0n) is 12.9. The Bertz CT molecular complexity index is 627. The molecule has 0 saturated heterocycles. The minimum atomic E-state index is -1.61. The van der Waals surface area contributed by atoms with Crippen molar-refractivity contribution < 1.29 is 34.5 Å². The molecule has 5 N–H and O–H groups in total. The summed E-state index contributed by atoms with van der Waals surface area (Å²) in [7, 11) is 0. The van der Waals surface area contributed by atoms with Crippen LogP contribution >= 0.6 is 0 Å². The van der Waals surface area contributed by atoms with Gasteiger partial charge >= 0.3 is 11.9 Å². The van der Waals surface area contributed by atoms with Crippen molar-refractivity contribution in [1.29, 1.82) is 0 Å². The summed E-state index contributed by atoms with van der Waals surface area (Å²) < 4.78 is 0. The van der Waals surface area contributed by atoms with Crippen LogP contribution in [0.4, 0.5) is 0 Å². The minimum Gasteiger partial charge on any atom is -0.508 e. The zero-order chi connectivity index (χ0) is 18.3. The van der Waals surface area contributed by atoms with E-state index in [1.165, 1.54) is 19.1 Å². The van der Waals surface area contributed by atoms with Crippen molar-refractivity contribution in [1.82, 2.24) is 10.6 Å². The molecule has 0 aliphatic carbocycles. The van der Waals surface area contributed by atoms with Gasteiger partial charge in [-0.15, -0.1) is 0 Å². The zero-order valence-corrected chi connectivity index (χ0v) is 12.9. The number of amides is 2. The summed E-state index contributed by atoms with van der Waals surface area (Å²) >= 11 is 0. The van der Waals surface area contributed by atoms with E-state index >= 15 is 0 Å². The SMILES string of the molecule is CC(=O)N[C@@H](Cc1ccc(O)cc1)C(=O)N[C@@H](CC(=O)O)C(=O)O. The number of aliphatic carboxylic acids is 2. The standard InChI is InChI=1S/C15H18N2O7/c1-8(18)16-11(6-9-2-4-10(19)5-3-9)14(22)17-12(15(23)24)7-13(20)21/h2-5,11-12,19H,6-7H2,1H3,(H,16,18)(H,17,22)(H,20,21)(H,23,24)/t11-,12-/m0/s1. The van der Waals surface area contributed by atoms with Gasteiger partial charge in [-0.25, -0.2) is 4.79 Å². The number of hydrogen-bond acceptors (Lipinski definition) is 5. The molecular weight excluding hydrogens is 320 g/mol. The van der Waals surface area contributed by atoms with Crippen molar-refractivity contribution in [2.75, 3.05) is 0 Å². The molecule has 0 bridgehead atoms. The highest BCUT2D eigenvalue weighted by atomic mass is 16.4. The Hall–Kier alpha value is -3.10. The summed E-state index contributed by atoms with van der Waals surface area (Å²) in [5.41, 5.74) is 0.617. The van der Waals surface area contributed by atoms with Gasteiger partial charge in [0.2, 0.25) is 11.8 Å². The molecule has 2 atom stereocenters. The molecule has 0 fully saturated rings. The van der Waals surface area contributed by atoms with Gasteiger partial charge in [-0.2, -0.15) is 0 Å². The van der Waals surface area contributed by atoms with Crippen LogP contribution in [-0.4, -0.2) is 51.2 Å².